The van der Waals surface area contributed by atoms with Gasteiger partial charge in [-0.1, -0.05) is 25.1 Å². The molecule has 2 aromatic rings. The number of halogens is 1. The standard InChI is InChI=1S/C18H20BrNO3/c1-3-13-7-8-17(16(19)10-13)23-12-18(21)20-15-6-4-5-14(9-15)11-22-2/h4-10H,3,11-12H2,1-2H3,(H,20,21). The second-order valence-corrected chi connectivity index (χ2v) is 5.94. The molecule has 5 heteroatoms. The number of nitrogens with one attached hydrogen (secondary N) is 1. The number of benzene rings is 2. The smallest absolute Gasteiger partial charge is 0.262 e. The summed E-state index contributed by atoms with van der Waals surface area (Å²) >= 11 is 3.46. The fraction of sp³-hybridized carbons (Fsp3) is 0.278. The van der Waals surface area contributed by atoms with E-state index in [2.05, 4.69) is 28.2 Å². The second kappa shape index (κ2) is 8.70. The average molecular weight is 378 g/mol. The highest BCUT2D eigenvalue weighted by molar-refractivity contribution is 9.10. The van der Waals surface area contributed by atoms with Gasteiger partial charge in [0.1, 0.15) is 5.75 Å². The Balaban J connectivity index is 1.91. The Kier molecular flexibility index (Phi) is 6.62. The molecule has 2 rings (SSSR count). The van der Waals surface area contributed by atoms with Gasteiger partial charge in [0.25, 0.3) is 5.91 Å². The van der Waals surface area contributed by atoms with Crippen molar-refractivity contribution < 1.29 is 14.3 Å². The summed E-state index contributed by atoms with van der Waals surface area (Å²) < 4.78 is 11.5. The monoisotopic (exact) mass is 377 g/mol. The van der Waals surface area contributed by atoms with E-state index in [-0.39, 0.29) is 12.5 Å². The number of ether oxygens (including phenoxy) is 2. The van der Waals surface area contributed by atoms with Gasteiger partial charge in [-0.25, -0.2) is 0 Å². The summed E-state index contributed by atoms with van der Waals surface area (Å²) in [5, 5.41) is 2.82. The summed E-state index contributed by atoms with van der Waals surface area (Å²) in [7, 11) is 1.64. The minimum absolute atomic E-state index is 0.0431. The number of carbonyl (C=O) groups excluding carboxylic acids is 1. The second-order valence-electron chi connectivity index (χ2n) is 5.09. The van der Waals surface area contributed by atoms with Gasteiger partial charge in [0, 0.05) is 12.8 Å². The van der Waals surface area contributed by atoms with E-state index < -0.39 is 0 Å². The number of anilines is 1. The van der Waals surface area contributed by atoms with Crippen molar-refractivity contribution in [2.75, 3.05) is 19.0 Å². The van der Waals surface area contributed by atoms with Crippen molar-refractivity contribution in [1.29, 1.82) is 0 Å². The van der Waals surface area contributed by atoms with Crippen molar-refractivity contribution in [3.8, 4) is 5.75 Å². The molecule has 0 aliphatic rings. The predicted molar refractivity (Wildman–Crippen MR) is 94.8 cm³/mol. The van der Waals surface area contributed by atoms with Crippen LogP contribution in [0.25, 0.3) is 0 Å². The van der Waals surface area contributed by atoms with Crippen molar-refractivity contribution in [2.45, 2.75) is 20.0 Å². The molecule has 0 aliphatic heterocycles. The number of rotatable bonds is 7. The van der Waals surface area contributed by atoms with E-state index in [9.17, 15) is 4.79 Å². The zero-order valence-corrected chi connectivity index (χ0v) is 14.9. The minimum Gasteiger partial charge on any atom is -0.483 e. The van der Waals surface area contributed by atoms with Crippen LogP contribution in [0, 0.1) is 0 Å². The van der Waals surface area contributed by atoms with Gasteiger partial charge in [0.2, 0.25) is 0 Å². The molecule has 0 saturated heterocycles. The number of aryl methyl sites for hydroxylation is 1. The van der Waals surface area contributed by atoms with Crippen LogP contribution in [0.5, 0.6) is 5.75 Å². The molecule has 122 valence electrons. The van der Waals surface area contributed by atoms with Gasteiger partial charge in [0.05, 0.1) is 11.1 Å². The summed E-state index contributed by atoms with van der Waals surface area (Å²) in [6, 6.07) is 13.4. The topological polar surface area (TPSA) is 47.6 Å². The zero-order valence-electron chi connectivity index (χ0n) is 13.3. The lowest BCUT2D eigenvalue weighted by Gasteiger charge is -2.10. The molecule has 0 radical (unpaired) electrons. The maximum absolute atomic E-state index is 12.0. The van der Waals surface area contributed by atoms with E-state index in [0.717, 1.165) is 22.1 Å². The van der Waals surface area contributed by atoms with Crippen LogP contribution in [0.15, 0.2) is 46.9 Å². The fourth-order valence-electron chi connectivity index (χ4n) is 2.13. The molecule has 4 nitrogen and oxygen atoms in total. The maximum Gasteiger partial charge on any atom is 0.262 e. The van der Waals surface area contributed by atoms with Crippen molar-refractivity contribution in [2.24, 2.45) is 0 Å². The summed E-state index contributed by atoms with van der Waals surface area (Å²) in [5.74, 6) is 0.455. The SMILES string of the molecule is CCc1ccc(OCC(=O)Nc2cccc(COC)c2)c(Br)c1. The molecular weight excluding hydrogens is 358 g/mol. The average Bonchev–Trinajstić information content (AvgIpc) is 2.54. The Labute approximate surface area is 144 Å². The third-order valence-corrected chi connectivity index (χ3v) is 3.90. The van der Waals surface area contributed by atoms with Crippen LogP contribution >= 0.6 is 15.9 Å². The molecule has 0 bridgehead atoms. The highest BCUT2D eigenvalue weighted by Crippen LogP contribution is 2.26. The molecular formula is C18H20BrNO3. The zero-order chi connectivity index (χ0) is 16.7. The van der Waals surface area contributed by atoms with Crippen LogP contribution in [0.4, 0.5) is 5.69 Å². The highest BCUT2D eigenvalue weighted by atomic mass is 79.9. The first-order valence-electron chi connectivity index (χ1n) is 7.41. The summed E-state index contributed by atoms with van der Waals surface area (Å²) in [6.07, 6.45) is 0.956. The minimum atomic E-state index is -0.203. The summed E-state index contributed by atoms with van der Waals surface area (Å²) in [6.45, 7) is 2.56. The Morgan fingerprint density at radius 2 is 2.00 bits per heavy atom. The third kappa shape index (κ3) is 5.37. The van der Waals surface area contributed by atoms with E-state index in [1.807, 2.05) is 42.5 Å². The molecule has 0 aliphatic carbocycles. The maximum atomic E-state index is 12.0. The molecule has 0 saturated carbocycles. The van der Waals surface area contributed by atoms with Crippen molar-refractivity contribution in [3.05, 3.63) is 58.1 Å². The molecule has 0 heterocycles. The highest BCUT2D eigenvalue weighted by Gasteiger charge is 2.07. The number of carbonyl (C=O) groups is 1. The van der Waals surface area contributed by atoms with E-state index in [0.29, 0.717) is 12.4 Å². The Morgan fingerprint density at radius 3 is 2.70 bits per heavy atom. The molecule has 0 fully saturated rings. The molecule has 23 heavy (non-hydrogen) atoms. The first-order chi connectivity index (χ1) is 11.1. The number of methoxy groups -OCH3 is 1. The Hall–Kier alpha value is -1.85. The van der Waals surface area contributed by atoms with Gasteiger partial charge in [-0.15, -0.1) is 0 Å². The predicted octanol–water partition coefficient (Wildman–Crippen LogP) is 4.18. The Morgan fingerprint density at radius 1 is 1.17 bits per heavy atom. The summed E-state index contributed by atoms with van der Waals surface area (Å²) in [4.78, 5) is 12.0. The normalized spacial score (nSPS) is 10.4. The molecule has 0 spiro atoms. The third-order valence-electron chi connectivity index (χ3n) is 3.29. The van der Waals surface area contributed by atoms with Gasteiger partial charge < -0.3 is 14.8 Å². The number of hydrogen-bond acceptors (Lipinski definition) is 3. The van der Waals surface area contributed by atoms with Crippen LogP contribution in [-0.2, 0) is 22.6 Å². The molecule has 0 aromatic heterocycles. The van der Waals surface area contributed by atoms with Crippen LogP contribution < -0.4 is 10.1 Å². The van der Waals surface area contributed by atoms with E-state index in [4.69, 9.17) is 9.47 Å². The van der Waals surface area contributed by atoms with Crippen molar-refractivity contribution >= 4 is 27.5 Å². The van der Waals surface area contributed by atoms with E-state index >= 15 is 0 Å². The fourth-order valence-corrected chi connectivity index (χ4v) is 2.67. The van der Waals surface area contributed by atoms with Gasteiger partial charge in [0.15, 0.2) is 6.61 Å². The number of hydrogen-bond donors (Lipinski definition) is 1. The van der Waals surface area contributed by atoms with Crippen LogP contribution in [0.3, 0.4) is 0 Å². The Bertz CT molecular complexity index is 673. The van der Waals surface area contributed by atoms with Crippen molar-refractivity contribution in [3.63, 3.8) is 0 Å². The molecule has 0 atom stereocenters. The van der Waals surface area contributed by atoms with Gasteiger partial charge in [-0.05, 0) is 57.7 Å². The number of amides is 1. The van der Waals surface area contributed by atoms with Crippen molar-refractivity contribution in [1.82, 2.24) is 0 Å². The lowest BCUT2D eigenvalue weighted by Crippen LogP contribution is -2.20. The molecule has 1 N–H and O–H groups in total. The van der Waals surface area contributed by atoms with Gasteiger partial charge in [-0.2, -0.15) is 0 Å². The molecule has 2 aromatic carbocycles. The largest absolute Gasteiger partial charge is 0.483 e. The summed E-state index contributed by atoms with van der Waals surface area (Å²) in [5.41, 5.74) is 2.95. The van der Waals surface area contributed by atoms with E-state index in [1.165, 1.54) is 5.56 Å². The molecule has 0 unspecified atom stereocenters. The van der Waals surface area contributed by atoms with Crippen LogP contribution in [-0.4, -0.2) is 19.6 Å². The molecule has 1 amide bonds. The van der Waals surface area contributed by atoms with E-state index in [1.54, 1.807) is 7.11 Å². The first kappa shape index (κ1) is 17.5. The lowest BCUT2D eigenvalue weighted by atomic mass is 10.2. The van der Waals surface area contributed by atoms with Gasteiger partial charge in [-0.3, -0.25) is 4.79 Å². The van der Waals surface area contributed by atoms with Gasteiger partial charge >= 0.3 is 0 Å². The lowest BCUT2D eigenvalue weighted by molar-refractivity contribution is -0.118. The van der Waals surface area contributed by atoms with Crippen LogP contribution in [0.2, 0.25) is 0 Å². The first-order valence-corrected chi connectivity index (χ1v) is 8.20. The quantitative estimate of drug-likeness (QED) is 0.787. The van der Waals surface area contributed by atoms with Crippen LogP contribution in [0.1, 0.15) is 18.1 Å².